The van der Waals surface area contributed by atoms with Crippen LogP contribution in [0.3, 0.4) is 0 Å². The van der Waals surface area contributed by atoms with Crippen LogP contribution in [0.15, 0.2) is 156 Å². The molecule has 0 atom stereocenters. The molecule has 0 aliphatic heterocycles. The molecule has 0 heterocycles. The van der Waals surface area contributed by atoms with Crippen LogP contribution in [0, 0.1) is 0 Å². The number of nitrogens with zero attached hydrogens (tertiary/aromatic N) is 1. The molecule has 0 fully saturated rings. The Morgan fingerprint density at radius 1 is 0.444 bits per heavy atom. The van der Waals surface area contributed by atoms with Crippen molar-refractivity contribution >= 4 is 35.6 Å². The monoisotopic (exact) mass is 505 g/mol. The Morgan fingerprint density at radius 3 is 1.17 bits per heavy atom. The van der Waals surface area contributed by atoms with E-state index in [0.29, 0.717) is 0 Å². The molecule has 0 bridgehead atoms. The van der Waals surface area contributed by atoms with Crippen LogP contribution in [-0.2, 0) is 11.0 Å². The zero-order chi connectivity index (χ0) is 24.7. The molecule has 0 amide bonds. The van der Waals surface area contributed by atoms with Crippen molar-refractivity contribution < 1.29 is 4.57 Å². The summed E-state index contributed by atoms with van der Waals surface area (Å²) in [6.45, 7) is 0. The van der Waals surface area contributed by atoms with Crippen LogP contribution in [0.4, 0.5) is 0 Å². The zero-order valence-electron chi connectivity index (χ0n) is 20.1. The van der Waals surface area contributed by atoms with Crippen molar-refractivity contribution in [2.24, 2.45) is 4.52 Å². The largest absolute Gasteiger partial charge is 0.288 e. The first kappa shape index (κ1) is 24.3. The molecule has 5 aromatic rings. The summed E-state index contributed by atoms with van der Waals surface area (Å²) in [7, 11) is -5.78. The lowest BCUT2D eigenvalue weighted by molar-refractivity contribution is 0.588. The molecule has 5 rings (SSSR count). The van der Waals surface area contributed by atoms with E-state index in [4.69, 9.17) is 4.52 Å². The molecule has 2 nitrogen and oxygen atoms in total. The van der Waals surface area contributed by atoms with Gasteiger partial charge in [-0.05, 0) is 53.0 Å². The topological polar surface area (TPSA) is 29.4 Å². The molecule has 0 aromatic heterocycles. The number of aryl methyl sites for hydroxylation is 1. The molecule has 0 saturated heterocycles. The van der Waals surface area contributed by atoms with Crippen LogP contribution in [0.5, 0.6) is 0 Å². The van der Waals surface area contributed by atoms with Crippen molar-refractivity contribution in [2.45, 2.75) is 6.42 Å². The van der Waals surface area contributed by atoms with Crippen molar-refractivity contribution in [2.75, 3.05) is 6.16 Å². The predicted octanol–water partition coefficient (Wildman–Crippen LogP) is 7.01. The molecule has 0 saturated carbocycles. The third kappa shape index (κ3) is 5.07. The van der Waals surface area contributed by atoms with Gasteiger partial charge in [0.05, 0.1) is 0 Å². The second-order valence-electron chi connectivity index (χ2n) is 8.74. The van der Waals surface area contributed by atoms with Crippen molar-refractivity contribution in [1.82, 2.24) is 0 Å². The van der Waals surface area contributed by atoms with Gasteiger partial charge in [-0.1, -0.05) is 127 Å². The van der Waals surface area contributed by atoms with Crippen LogP contribution in [0.25, 0.3) is 0 Å². The third-order valence-electron chi connectivity index (χ3n) is 6.42. The van der Waals surface area contributed by atoms with Crippen molar-refractivity contribution in [1.29, 1.82) is 0 Å². The highest BCUT2D eigenvalue weighted by molar-refractivity contribution is 7.89. The lowest BCUT2D eigenvalue weighted by atomic mass is 10.2. The Kier molecular flexibility index (Phi) is 7.47. The average Bonchev–Trinajstić information content (AvgIpc) is 2.97. The summed E-state index contributed by atoms with van der Waals surface area (Å²) >= 11 is 0. The van der Waals surface area contributed by atoms with Gasteiger partial charge in [-0.25, -0.2) is 4.52 Å². The lowest BCUT2D eigenvalue weighted by Gasteiger charge is -2.29. The number of benzene rings is 5. The first-order chi connectivity index (χ1) is 17.7. The zero-order valence-corrected chi connectivity index (χ0v) is 21.9. The lowest BCUT2D eigenvalue weighted by Crippen LogP contribution is -2.22. The molecule has 178 valence electrons. The molecular formula is C32H29NOP2. The van der Waals surface area contributed by atoms with Crippen LogP contribution in [-0.4, -0.2) is 6.16 Å². The summed E-state index contributed by atoms with van der Waals surface area (Å²) in [6, 6.07) is 51.1. The Balaban J connectivity index is 1.83. The fourth-order valence-corrected chi connectivity index (χ4v) is 12.5. The molecule has 0 spiro atoms. The van der Waals surface area contributed by atoms with Crippen molar-refractivity contribution in [3.63, 3.8) is 0 Å². The van der Waals surface area contributed by atoms with E-state index in [1.54, 1.807) is 0 Å². The van der Waals surface area contributed by atoms with Gasteiger partial charge in [0.15, 0.2) is 0 Å². The standard InChI is InChI=1S/C32H29NOP2/c34-36(31-22-12-4-13-23-31,32-24-14-5-15-25-32)33-35(29-18-8-2-9-19-29,30-20-10-3-11-21-30)27-26-28-16-6-1-7-17-28/h1-25H,26-27H2. The Morgan fingerprint density at radius 2 is 0.778 bits per heavy atom. The van der Waals surface area contributed by atoms with Gasteiger partial charge in [-0.15, -0.1) is 0 Å². The minimum Gasteiger partial charge on any atom is -0.288 e. The molecular weight excluding hydrogens is 476 g/mol. The Labute approximate surface area is 214 Å². The second kappa shape index (κ2) is 11.1. The highest BCUT2D eigenvalue weighted by Gasteiger charge is 2.33. The summed E-state index contributed by atoms with van der Waals surface area (Å²) in [5.74, 6) is 0. The maximum absolute atomic E-state index is 15.3. The highest BCUT2D eigenvalue weighted by atomic mass is 31.2. The Hall–Kier alpha value is -3.44. The normalized spacial score (nSPS) is 11.7. The quantitative estimate of drug-likeness (QED) is 0.209. The van der Waals surface area contributed by atoms with Crippen LogP contribution in [0.1, 0.15) is 5.56 Å². The fraction of sp³-hybridized carbons (Fsp3) is 0.0625. The molecule has 0 aliphatic rings. The maximum atomic E-state index is 15.3. The summed E-state index contributed by atoms with van der Waals surface area (Å²) in [4.78, 5) is 0. The Bertz CT molecular complexity index is 1400. The molecule has 5 aromatic carbocycles. The number of hydrogen-bond acceptors (Lipinski definition) is 1. The summed E-state index contributed by atoms with van der Waals surface area (Å²) < 4.78 is 20.9. The van der Waals surface area contributed by atoms with E-state index in [9.17, 15) is 0 Å². The van der Waals surface area contributed by atoms with E-state index < -0.39 is 14.3 Å². The van der Waals surface area contributed by atoms with Crippen molar-refractivity contribution in [3.05, 3.63) is 157 Å². The minimum atomic E-state index is -3.32. The average molecular weight is 506 g/mol. The summed E-state index contributed by atoms with van der Waals surface area (Å²) in [5, 5.41) is 3.85. The third-order valence-corrected chi connectivity index (χ3v) is 13.8. The minimum absolute atomic E-state index is 0.771. The molecule has 4 heteroatoms. The van der Waals surface area contributed by atoms with E-state index in [-0.39, 0.29) is 0 Å². The van der Waals surface area contributed by atoms with Gasteiger partial charge < -0.3 is 0 Å². The van der Waals surface area contributed by atoms with E-state index in [0.717, 1.165) is 33.8 Å². The maximum Gasteiger partial charge on any atom is 0.246 e. The molecule has 0 unspecified atom stereocenters. The molecule has 0 aliphatic carbocycles. The van der Waals surface area contributed by atoms with E-state index in [1.807, 2.05) is 78.9 Å². The molecule has 0 radical (unpaired) electrons. The predicted molar refractivity (Wildman–Crippen MR) is 156 cm³/mol. The van der Waals surface area contributed by atoms with E-state index >= 15 is 4.57 Å². The van der Waals surface area contributed by atoms with E-state index in [1.165, 1.54) is 5.56 Å². The first-order valence-corrected chi connectivity index (χ1v) is 15.8. The van der Waals surface area contributed by atoms with Gasteiger partial charge in [-0.3, -0.25) is 4.57 Å². The summed E-state index contributed by atoms with van der Waals surface area (Å²) in [6.07, 6.45) is 1.65. The van der Waals surface area contributed by atoms with Crippen LogP contribution in [0.2, 0.25) is 0 Å². The number of rotatable bonds is 8. The SMILES string of the molecule is O=P(N=P(CCc1ccccc1)(c1ccccc1)c1ccccc1)(c1ccccc1)c1ccccc1. The smallest absolute Gasteiger partial charge is 0.246 e. The van der Waals surface area contributed by atoms with E-state index in [2.05, 4.69) is 72.8 Å². The van der Waals surface area contributed by atoms with Gasteiger partial charge in [0.2, 0.25) is 7.29 Å². The summed E-state index contributed by atoms with van der Waals surface area (Å²) in [5.41, 5.74) is 1.26. The first-order valence-electron chi connectivity index (χ1n) is 12.2. The molecule has 0 N–H and O–H groups in total. The van der Waals surface area contributed by atoms with Gasteiger partial charge >= 0.3 is 0 Å². The number of hydrogen-bond donors (Lipinski definition) is 0. The molecule has 36 heavy (non-hydrogen) atoms. The van der Waals surface area contributed by atoms with Gasteiger partial charge in [-0.2, -0.15) is 0 Å². The van der Waals surface area contributed by atoms with Gasteiger partial charge in [0.25, 0.3) is 0 Å². The highest BCUT2D eigenvalue weighted by Crippen LogP contribution is 2.60. The van der Waals surface area contributed by atoms with Gasteiger partial charge in [0.1, 0.15) is 0 Å². The van der Waals surface area contributed by atoms with Crippen LogP contribution < -0.4 is 21.2 Å². The van der Waals surface area contributed by atoms with Crippen LogP contribution >= 0.6 is 14.3 Å². The second-order valence-corrected chi connectivity index (χ2v) is 14.7. The fourth-order valence-electron chi connectivity index (χ4n) is 4.57. The van der Waals surface area contributed by atoms with Gasteiger partial charge in [0, 0.05) is 17.7 Å². The van der Waals surface area contributed by atoms with Crippen molar-refractivity contribution in [3.8, 4) is 0 Å².